The van der Waals surface area contributed by atoms with Gasteiger partial charge in [0.15, 0.2) is 5.82 Å². The number of nitrogens with zero attached hydrogens (tertiary/aromatic N) is 3. The van der Waals surface area contributed by atoms with Crippen molar-refractivity contribution in [3.8, 4) is 0 Å². The van der Waals surface area contributed by atoms with Gasteiger partial charge in [0, 0.05) is 31.7 Å². The second-order valence-electron chi connectivity index (χ2n) is 4.01. The number of anilines is 1. The van der Waals surface area contributed by atoms with E-state index in [0.29, 0.717) is 19.5 Å². The number of sulfonamides is 1. The molecule has 0 bridgehead atoms. The van der Waals surface area contributed by atoms with Gasteiger partial charge in [-0.15, -0.1) is 0 Å². The Balaban J connectivity index is 1.94. The second kappa shape index (κ2) is 6.46. The first-order chi connectivity index (χ1) is 9.63. The third-order valence-corrected chi connectivity index (χ3v) is 4.10. The van der Waals surface area contributed by atoms with Crippen molar-refractivity contribution in [2.75, 3.05) is 12.0 Å². The molecule has 2 rings (SSSR count). The van der Waals surface area contributed by atoms with Crippen LogP contribution in [0.5, 0.6) is 0 Å². The van der Waals surface area contributed by atoms with E-state index in [0.717, 1.165) is 0 Å². The van der Waals surface area contributed by atoms with Gasteiger partial charge >= 0.3 is 0 Å². The molecule has 20 heavy (non-hydrogen) atoms. The minimum Gasteiger partial charge on any atom is -0.307 e. The number of pyridine rings is 1. The molecule has 0 spiro atoms. The molecular formula is C11H16N6O2S. The summed E-state index contributed by atoms with van der Waals surface area (Å²) in [7, 11) is -3.63. The fourth-order valence-corrected chi connectivity index (χ4v) is 2.87. The molecule has 0 atom stereocenters. The third-order valence-electron chi connectivity index (χ3n) is 2.61. The van der Waals surface area contributed by atoms with Gasteiger partial charge in [-0.25, -0.2) is 24.0 Å². The molecule has 2 aromatic heterocycles. The normalized spacial score (nSPS) is 11.4. The monoisotopic (exact) mass is 296 g/mol. The Morgan fingerprint density at radius 2 is 2.15 bits per heavy atom. The molecule has 0 aliphatic heterocycles. The molecule has 108 valence electrons. The largest absolute Gasteiger partial charge is 0.307 e. The highest BCUT2D eigenvalue weighted by Crippen LogP contribution is 2.16. The number of hydrogen-bond donors (Lipinski definition) is 3. The highest BCUT2D eigenvalue weighted by Gasteiger charge is 2.18. The summed E-state index contributed by atoms with van der Waals surface area (Å²) in [6.45, 7) is 0.950. The van der Waals surface area contributed by atoms with Crippen molar-refractivity contribution in [2.24, 2.45) is 5.84 Å². The summed E-state index contributed by atoms with van der Waals surface area (Å²) in [6, 6.07) is 4.80. The lowest BCUT2D eigenvalue weighted by Gasteiger charge is -2.09. The molecule has 0 saturated carbocycles. The Morgan fingerprint density at radius 3 is 2.85 bits per heavy atom. The van der Waals surface area contributed by atoms with Gasteiger partial charge in [0.25, 0.3) is 0 Å². The zero-order chi connectivity index (χ0) is 14.4. The lowest BCUT2D eigenvalue weighted by atomic mass is 10.4. The summed E-state index contributed by atoms with van der Waals surface area (Å²) in [6.07, 6.45) is 5.60. The van der Waals surface area contributed by atoms with Gasteiger partial charge in [-0.3, -0.25) is 4.68 Å². The summed E-state index contributed by atoms with van der Waals surface area (Å²) >= 11 is 0. The summed E-state index contributed by atoms with van der Waals surface area (Å²) in [5, 5.41) is 4.04. The van der Waals surface area contributed by atoms with Crippen LogP contribution in [-0.4, -0.2) is 29.7 Å². The molecule has 4 N–H and O–H groups in total. The predicted octanol–water partition coefficient (Wildman–Crippen LogP) is -0.0677. The Bertz CT molecular complexity index is 641. The molecule has 0 aliphatic rings. The quantitative estimate of drug-likeness (QED) is 0.374. The van der Waals surface area contributed by atoms with Gasteiger partial charge in [0.05, 0.1) is 0 Å². The van der Waals surface area contributed by atoms with E-state index in [9.17, 15) is 8.42 Å². The molecule has 2 heterocycles. The van der Waals surface area contributed by atoms with Crippen LogP contribution in [0.3, 0.4) is 0 Å². The van der Waals surface area contributed by atoms with Crippen molar-refractivity contribution in [1.82, 2.24) is 19.5 Å². The van der Waals surface area contributed by atoms with Crippen LogP contribution in [0, 0.1) is 0 Å². The zero-order valence-corrected chi connectivity index (χ0v) is 11.5. The Morgan fingerprint density at radius 1 is 1.30 bits per heavy atom. The molecule has 0 fully saturated rings. The van der Waals surface area contributed by atoms with Gasteiger partial charge < -0.3 is 5.43 Å². The van der Waals surface area contributed by atoms with Crippen molar-refractivity contribution in [2.45, 2.75) is 17.9 Å². The molecule has 9 heteroatoms. The minimum atomic E-state index is -3.63. The van der Waals surface area contributed by atoms with E-state index in [1.807, 2.05) is 12.3 Å². The van der Waals surface area contributed by atoms with E-state index >= 15 is 0 Å². The van der Waals surface area contributed by atoms with E-state index in [1.54, 1.807) is 16.9 Å². The van der Waals surface area contributed by atoms with Crippen LogP contribution in [0.25, 0.3) is 0 Å². The third kappa shape index (κ3) is 3.53. The van der Waals surface area contributed by atoms with Crippen LogP contribution < -0.4 is 16.0 Å². The van der Waals surface area contributed by atoms with Crippen molar-refractivity contribution >= 4 is 15.8 Å². The van der Waals surface area contributed by atoms with Crippen molar-refractivity contribution in [3.05, 3.63) is 36.8 Å². The summed E-state index contributed by atoms with van der Waals surface area (Å²) < 4.78 is 28.5. The van der Waals surface area contributed by atoms with Crippen LogP contribution in [-0.2, 0) is 16.6 Å². The average Bonchev–Trinajstić information content (AvgIpc) is 2.97. The van der Waals surface area contributed by atoms with Gasteiger partial charge in [-0.1, -0.05) is 0 Å². The SMILES string of the molecule is NNc1ncccc1S(=O)(=O)NCCCn1cccn1. The molecule has 8 nitrogen and oxygen atoms in total. The van der Waals surface area contributed by atoms with E-state index in [4.69, 9.17) is 5.84 Å². The molecule has 0 amide bonds. The highest BCUT2D eigenvalue weighted by molar-refractivity contribution is 7.89. The number of aromatic nitrogens is 3. The van der Waals surface area contributed by atoms with E-state index < -0.39 is 10.0 Å². The molecular weight excluding hydrogens is 280 g/mol. The second-order valence-corrected chi connectivity index (χ2v) is 5.75. The van der Waals surface area contributed by atoms with Crippen molar-refractivity contribution in [3.63, 3.8) is 0 Å². The van der Waals surface area contributed by atoms with Crippen molar-refractivity contribution < 1.29 is 8.42 Å². The molecule has 0 saturated heterocycles. The molecule has 0 radical (unpaired) electrons. The van der Waals surface area contributed by atoms with Crippen LogP contribution >= 0.6 is 0 Å². The number of rotatable bonds is 7. The van der Waals surface area contributed by atoms with E-state index in [2.05, 4.69) is 20.2 Å². The summed E-state index contributed by atoms with van der Waals surface area (Å²) in [5.41, 5.74) is 2.27. The number of nitrogens with one attached hydrogen (secondary N) is 2. The van der Waals surface area contributed by atoms with E-state index in [1.165, 1.54) is 12.3 Å². The number of hydrazine groups is 1. The molecule has 0 unspecified atom stereocenters. The lowest BCUT2D eigenvalue weighted by Crippen LogP contribution is -2.27. The average molecular weight is 296 g/mol. The van der Waals surface area contributed by atoms with E-state index in [-0.39, 0.29) is 10.7 Å². The highest BCUT2D eigenvalue weighted by atomic mass is 32.2. The van der Waals surface area contributed by atoms with Crippen LogP contribution in [0.1, 0.15) is 6.42 Å². The first kappa shape index (κ1) is 14.4. The number of nitrogen functional groups attached to an aromatic ring is 1. The van der Waals surface area contributed by atoms with Gasteiger partial charge in [0.2, 0.25) is 10.0 Å². The number of nitrogens with two attached hydrogens (primary N) is 1. The lowest BCUT2D eigenvalue weighted by molar-refractivity contribution is 0.553. The maximum absolute atomic E-state index is 12.1. The topological polar surface area (TPSA) is 115 Å². The number of aryl methyl sites for hydroxylation is 1. The maximum atomic E-state index is 12.1. The van der Waals surface area contributed by atoms with Gasteiger partial charge in [-0.05, 0) is 24.6 Å². The smallest absolute Gasteiger partial charge is 0.244 e. The molecule has 0 aliphatic carbocycles. The van der Waals surface area contributed by atoms with Gasteiger partial charge in [-0.2, -0.15) is 5.10 Å². The van der Waals surface area contributed by atoms with Crippen LogP contribution in [0.2, 0.25) is 0 Å². The first-order valence-corrected chi connectivity index (χ1v) is 7.50. The Labute approximate surface area is 117 Å². The fraction of sp³-hybridized carbons (Fsp3) is 0.273. The predicted molar refractivity (Wildman–Crippen MR) is 74.1 cm³/mol. The standard InChI is InChI=1S/C11H16N6O2S/c12-16-11-10(4-1-5-13-11)20(18,19)15-7-3-9-17-8-2-6-14-17/h1-2,4-6,8,15H,3,7,9,12H2,(H,13,16). The van der Waals surface area contributed by atoms with Gasteiger partial charge in [0.1, 0.15) is 4.90 Å². The minimum absolute atomic E-state index is 0.0292. The summed E-state index contributed by atoms with van der Waals surface area (Å²) in [4.78, 5) is 3.89. The van der Waals surface area contributed by atoms with Crippen LogP contribution in [0.15, 0.2) is 41.7 Å². The zero-order valence-electron chi connectivity index (χ0n) is 10.7. The molecule has 2 aromatic rings. The maximum Gasteiger partial charge on any atom is 0.244 e. The van der Waals surface area contributed by atoms with Crippen LogP contribution in [0.4, 0.5) is 5.82 Å². The Kier molecular flexibility index (Phi) is 4.66. The summed E-state index contributed by atoms with van der Waals surface area (Å²) in [5.74, 6) is 5.37. The first-order valence-electron chi connectivity index (χ1n) is 6.02. The van der Waals surface area contributed by atoms with Crippen molar-refractivity contribution in [1.29, 1.82) is 0 Å². The fourth-order valence-electron chi connectivity index (χ4n) is 1.67. The number of hydrogen-bond acceptors (Lipinski definition) is 6. The Hall–Kier alpha value is -1.97. The molecule has 0 aromatic carbocycles.